The minimum atomic E-state index is -3.60. The molecule has 29 heavy (non-hydrogen) atoms. The van der Waals surface area contributed by atoms with Crippen LogP contribution < -0.4 is 5.32 Å². The molecule has 0 fully saturated rings. The van der Waals surface area contributed by atoms with Crippen LogP contribution in [0.2, 0.25) is 0 Å². The molecule has 0 aliphatic carbocycles. The van der Waals surface area contributed by atoms with E-state index >= 15 is 0 Å². The summed E-state index contributed by atoms with van der Waals surface area (Å²) in [7, 11) is -3.60. The SMILES string of the molecule is CCN(CC)S(=O)(=O)c1ccc(C(=O)OCC(=O)Nc2ccc(Br)cc2C)cc1. The molecule has 7 nitrogen and oxygen atoms in total. The summed E-state index contributed by atoms with van der Waals surface area (Å²) < 4.78 is 32.2. The highest BCUT2D eigenvalue weighted by Crippen LogP contribution is 2.20. The van der Waals surface area contributed by atoms with Crippen LogP contribution in [0, 0.1) is 6.92 Å². The van der Waals surface area contributed by atoms with Gasteiger partial charge < -0.3 is 10.1 Å². The van der Waals surface area contributed by atoms with Crippen molar-refractivity contribution in [3.8, 4) is 0 Å². The molecule has 0 bridgehead atoms. The third kappa shape index (κ3) is 5.88. The molecule has 2 aromatic carbocycles. The lowest BCUT2D eigenvalue weighted by molar-refractivity contribution is -0.119. The average Bonchev–Trinajstić information content (AvgIpc) is 2.69. The molecule has 0 aliphatic heterocycles. The van der Waals surface area contributed by atoms with Crippen LogP contribution in [0.5, 0.6) is 0 Å². The van der Waals surface area contributed by atoms with E-state index in [0.29, 0.717) is 18.8 Å². The fourth-order valence-corrected chi connectivity index (χ4v) is 4.58. The summed E-state index contributed by atoms with van der Waals surface area (Å²) in [5, 5.41) is 2.68. The zero-order valence-electron chi connectivity index (χ0n) is 16.4. The molecule has 0 saturated carbocycles. The van der Waals surface area contributed by atoms with E-state index in [4.69, 9.17) is 4.74 Å². The van der Waals surface area contributed by atoms with E-state index in [1.807, 2.05) is 13.0 Å². The summed E-state index contributed by atoms with van der Waals surface area (Å²) in [6.07, 6.45) is 0. The highest BCUT2D eigenvalue weighted by Gasteiger charge is 2.22. The second-order valence-corrected chi connectivity index (χ2v) is 9.05. The minimum Gasteiger partial charge on any atom is -0.452 e. The Hall–Kier alpha value is -2.23. The van der Waals surface area contributed by atoms with Crippen LogP contribution in [0.4, 0.5) is 5.69 Å². The number of amides is 1. The molecule has 156 valence electrons. The summed E-state index contributed by atoms with van der Waals surface area (Å²) in [6, 6.07) is 10.8. The summed E-state index contributed by atoms with van der Waals surface area (Å²) in [5.41, 5.74) is 1.65. The van der Waals surface area contributed by atoms with Gasteiger partial charge in [0.15, 0.2) is 6.61 Å². The highest BCUT2D eigenvalue weighted by atomic mass is 79.9. The number of ether oxygens (including phenoxy) is 1. The molecule has 0 aromatic heterocycles. The highest BCUT2D eigenvalue weighted by molar-refractivity contribution is 9.10. The second kappa shape index (κ2) is 10.00. The van der Waals surface area contributed by atoms with Crippen molar-refractivity contribution in [1.82, 2.24) is 4.31 Å². The van der Waals surface area contributed by atoms with Gasteiger partial charge in [0.1, 0.15) is 0 Å². The van der Waals surface area contributed by atoms with Crippen LogP contribution in [0.15, 0.2) is 51.8 Å². The van der Waals surface area contributed by atoms with Crippen molar-refractivity contribution in [2.75, 3.05) is 25.0 Å². The third-order valence-corrected chi connectivity index (χ3v) is 6.79. The normalized spacial score (nSPS) is 11.3. The van der Waals surface area contributed by atoms with Crippen molar-refractivity contribution in [1.29, 1.82) is 0 Å². The standard InChI is InChI=1S/C20H23BrN2O5S/c1-4-23(5-2)29(26,27)17-9-6-15(7-10-17)20(25)28-13-19(24)22-18-11-8-16(21)12-14(18)3/h6-12H,4-5,13H2,1-3H3,(H,22,24). The van der Waals surface area contributed by atoms with Gasteiger partial charge in [0.2, 0.25) is 10.0 Å². The molecule has 9 heteroatoms. The fourth-order valence-electron chi connectivity index (χ4n) is 2.64. The summed E-state index contributed by atoms with van der Waals surface area (Å²) >= 11 is 3.35. The fraction of sp³-hybridized carbons (Fsp3) is 0.300. The lowest BCUT2D eigenvalue weighted by atomic mass is 10.2. The summed E-state index contributed by atoms with van der Waals surface area (Å²) in [5.74, 6) is -1.18. The van der Waals surface area contributed by atoms with Crippen molar-refractivity contribution in [2.24, 2.45) is 0 Å². The molecule has 0 saturated heterocycles. The van der Waals surface area contributed by atoms with Crippen molar-refractivity contribution in [3.63, 3.8) is 0 Å². The monoisotopic (exact) mass is 482 g/mol. The lowest BCUT2D eigenvalue weighted by Gasteiger charge is -2.18. The first kappa shape index (κ1) is 23.1. The topological polar surface area (TPSA) is 92.8 Å². The zero-order chi connectivity index (χ0) is 21.6. The number of nitrogens with zero attached hydrogens (tertiary/aromatic N) is 1. The number of carbonyl (C=O) groups excluding carboxylic acids is 2. The smallest absolute Gasteiger partial charge is 0.338 e. The Morgan fingerprint density at radius 1 is 1.07 bits per heavy atom. The summed E-state index contributed by atoms with van der Waals surface area (Å²) in [4.78, 5) is 24.3. The molecule has 0 spiro atoms. The number of hydrogen-bond donors (Lipinski definition) is 1. The van der Waals surface area contributed by atoms with Crippen LogP contribution in [0.1, 0.15) is 29.8 Å². The van der Waals surface area contributed by atoms with Crippen LogP contribution in [-0.4, -0.2) is 44.3 Å². The molecule has 1 N–H and O–H groups in total. The van der Waals surface area contributed by atoms with E-state index in [1.165, 1.54) is 28.6 Å². The minimum absolute atomic E-state index is 0.0983. The predicted octanol–water partition coefficient (Wildman–Crippen LogP) is 3.58. The number of sulfonamides is 1. The summed E-state index contributed by atoms with van der Waals surface area (Å²) in [6.45, 7) is 5.63. The number of halogens is 1. The first-order chi connectivity index (χ1) is 13.7. The maximum Gasteiger partial charge on any atom is 0.338 e. The van der Waals surface area contributed by atoms with E-state index in [9.17, 15) is 18.0 Å². The van der Waals surface area contributed by atoms with Crippen LogP contribution >= 0.6 is 15.9 Å². The molecule has 1 amide bonds. The number of nitrogens with one attached hydrogen (secondary N) is 1. The first-order valence-corrected chi connectivity index (χ1v) is 11.3. The molecule has 0 radical (unpaired) electrons. The van der Waals surface area contributed by atoms with Gasteiger partial charge in [0, 0.05) is 23.2 Å². The quantitative estimate of drug-likeness (QED) is 0.580. The third-order valence-electron chi connectivity index (χ3n) is 4.23. The van der Waals surface area contributed by atoms with Crippen molar-refractivity contribution >= 4 is 43.5 Å². The average molecular weight is 483 g/mol. The number of anilines is 1. The Bertz CT molecular complexity index is 986. The van der Waals surface area contributed by atoms with Gasteiger partial charge >= 0.3 is 5.97 Å². The Labute approximate surface area is 179 Å². The van der Waals surface area contributed by atoms with Gasteiger partial charge in [-0.3, -0.25) is 4.79 Å². The maximum atomic E-state index is 12.5. The second-order valence-electron chi connectivity index (χ2n) is 6.20. The molecule has 2 aromatic rings. The van der Waals surface area contributed by atoms with E-state index in [1.54, 1.807) is 26.0 Å². The predicted molar refractivity (Wildman–Crippen MR) is 114 cm³/mol. The van der Waals surface area contributed by atoms with Crippen molar-refractivity contribution in [2.45, 2.75) is 25.7 Å². The number of carbonyl (C=O) groups is 2. The number of aryl methyl sites for hydroxylation is 1. The number of rotatable bonds is 8. The van der Waals surface area contributed by atoms with Crippen molar-refractivity contribution < 1.29 is 22.7 Å². The lowest BCUT2D eigenvalue weighted by Crippen LogP contribution is -2.30. The van der Waals surface area contributed by atoms with E-state index in [-0.39, 0.29) is 10.5 Å². The van der Waals surface area contributed by atoms with Gasteiger partial charge in [-0.05, 0) is 55.0 Å². The van der Waals surface area contributed by atoms with E-state index in [2.05, 4.69) is 21.2 Å². The molecule has 0 atom stereocenters. The molecule has 0 heterocycles. The first-order valence-electron chi connectivity index (χ1n) is 9.02. The number of esters is 1. The van der Waals surface area contributed by atoms with Gasteiger partial charge in [-0.2, -0.15) is 4.31 Å². The van der Waals surface area contributed by atoms with E-state index in [0.717, 1.165) is 10.0 Å². The molecule has 2 rings (SSSR count). The van der Waals surface area contributed by atoms with Gasteiger partial charge in [0.25, 0.3) is 5.91 Å². The zero-order valence-corrected chi connectivity index (χ0v) is 18.8. The van der Waals surface area contributed by atoms with Crippen LogP contribution in [-0.2, 0) is 19.6 Å². The number of benzene rings is 2. The Morgan fingerprint density at radius 2 is 1.69 bits per heavy atom. The van der Waals surface area contributed by atoms with Crippen LogP contribution in [0.25, 0.3) is 0 Å². The molecular formula is C20H23BrN2O5S. The largest absolute Gasteiger partial charge is 0.452 e. The Kier molecular flexibility index (Phi) is 7.95. The maximum absolute atomic E-state index is 12.5. The van der Waals surface area contributed by atoms with Crippen molar-refractivity contribution in [3.05, 3.63) is 58.1 Å². The van der Waals surface area contributed by atoms with Crippen LogP contribution in [0.3, 0.4) is 0 Å². The van der Waals surface area contributed by atoms with Gasteiger partial charge in [0.05, 0.1) is 10.5 Å². The Morgan fingerprint density at radius 3 is 2.24 bits per heavy atom. The van der Waals surface area contributed by atoms with Gasteiger partial charge in [-0.25, -0.2) is 13.2 Å². The molecule has 0 aliphatic rings. The molecular weight excluding hydrogens is 460 g/mol. The Balaban J connectivity index is 1.98. The van der Waals surface area contributed by atoms with E-state index < -0.39 is 28.5 Å². The molecule has 0 unspecified atom stereocenters. The van der Waals surface area contributed by atoms with Gasteiger partial charge in [-0.1, -0.05) is 29.8 Å². The van der Waals surface area contributed by atoms with Gasteiger partial charge in [-0.15, -0.1) is 0 Å². The number of hydrogen-bond acceptors (Lipinski definition) is 5.